The number of carbonyl (C=O) groups excluding carboxylic acids is 1. The second kappa shape index (κ2) is 7.53. The van der Waals surface area contributed by atoms with E-state index in [1.807, 2.05) is 23.1 Å². The highest BCUT2D eigenvalue weighted by Crippen LogP contribution is 2.23. The molecule has 1 aromatic rings. The van der Waals surface area contributed by atoms with Crippen LogP contribution in [0.25, 0.3) is 0 Å². The lowest BCUT2D eigenvalue weighted by Gasteiger charge is -2.40. The molecule has 2 heterocycles. The number of para-hydroxylation sites is 1. The Morgan fingerprint density at radius 1 is 1.25 bits per heavy atom. The Morgan fingerprint density at radius 3 is 2.67 bits per heavy atom. The minimum absolute atomic E-state index is 0.134. The summed E-state index contributed by atoms with van der Waals surface area (Å²) in [6.45, 7) is 6.12. The number of amides is 1. The van der Waals surface area contributed by atoms with Gasteiger partial charge < -0.3 is 14.5 Å². The Labute approximate surface area is 145 Å². The van der Waals surface area contributed by atoms with E-state index in [4.69, 9.17) is 4.74 Å². The number of hydrogen-bond acceptors (Lipinski definition) is 4. The molecule has 2 fully saturated rings. The zero-order valence-corrected chi connectivity index (χ0v) is 15.1. The molecule has 1 aromatic carbocycles. The van der Waals surface area contributed by atoms with Crippen LogP contribution in [-0.4, -0.2) is 79.6 Å². The van der Waals surface area contributed by atoms with Crippen LogP contribution in [0.2, 0.25) is 0 Å². The van der Waals surface area contributed by atoms with E-state index < -0.39 is 0 Å². The van der Waals surface area contributed by atoms with Crippen molar-refractivity contribution in [3.8, 4) is 5.75 Å². The summed E-state index contributed by atoms with van der Waals surface area (Å²) in [5, 5.41) is 0. The minimum Gasteiger partial charge on any atom is -0.486 e. The highest BCUT2D eigenvalue weighted by molar-refractivity contribution is 5.79. The number of ether oxygens (including phenoxy) is 1. The lowest BCUT2D eigenvalue weighted by molar-refractivity contribution is -0.141. The van der Waals surface area contributed by atoms with Gasteiger partial charge in [-0.1, -0.05) is 25.1 Å². The summed E-state index contributed by atoms with van der Waals surface area (Å²) >= 11 is 0. The molecule has 0 aromatic heterocycles. The van der Waals surface area contributed by atoms with E-state index in [9.17, 15) is 4.79 Å². The van der Waals surface area contributed by atoms with Gasteiger partial charge in [-0.3, -0.25) is 9.69 Å². The first-order chi connectivity index (χ1) is 11.6. The molecule has 0 spiro atoms. The second-order valence-corrected chi connectivity index (χ2v) is 7.14. The number of rotatable bonds is 6. The molecule has 2 aliphatic rings. The van der Waals surface area contributed by atoms with Gasteiger partial charge in [0.15, 0.2) is 0 Å². The van der Waals surface area contributed by atoms with Crippen molar-refractivity contribution in [2.24, 2.45) is 0 Å². The molecule has 0 saturated carbocycles. The molecule has 3 rings (SSSR count). The van der Waals surface area contributed by atoms with E-state index in [-0.39, 0.29) is 12.0 Å². The van der Waals surface area contributed by atoms with Crippen LogP contribution in [0.15, 0.2) is 24.3 Å². The normalized spacial score (nSPS) is 22.0. The average Bonchev–Trinajstić information content (AvgIpc) is 2.99. The fourth-order valence-corrected chi connectivity index (χ4v) is 3.48. The number of benzene rings is 1. The Bertz CT molecular complexity index is 569. The maximum absolute atomic E-state index is 12.4. The standard InChI is InChI=1S/C19H29N3O2/c1-4-15-7-5-6-8-18(15)24-17-12-22(13-17)19(23)14-21-10-9-16(11-21)20(2)3/h5-8,16-17H,4,9-14H2,1-3H3/t16-/m0/s1. The van der Waals surface area contributed by atoms with Crippen LogP contribution in [0.4, 0.5) is 0 Å². The van der Waals surface area contributed by atoms with Gasteiger partial charge in [-0.05, 0) is 38.6 Å². The van der Waals surface area contributed by atoms with Crippen LogP contribution < -0.4 is 4.74 Å². The summed E-state index contributed by atoms with van der Waals surface area (Å²) in [5.41, 5.74) is 1.23. The SMILES string of the molecule is CCc1ccccc1OC1CN(C(=O)CN2CC[C@H](N(C)C)C2)C1. The first-order valence-electron chi connectivity index (χ1n) is 8.98. The third-order valence-electron chi connectivity index (χ3n) is 5.18. The smallest absolute Gasteiger partial charge is 0.237 e. The Morgan fingerprint density at radius 2 is 2.00 bits per heavy atom. The molecule has 0 unspecified atom stereocenters. The molecule has 0 N–H and O–H groups in total. The van der Waals surface area contributed by atoms with Crippen molar-refractivity contribution < 1.29 is 9.53 Å². The van der Waals surface area contributed by atoms with Crippen molar-refractivity contribution in [2.45, 2.75) is 31.9 Å². The zero-order chi connectivity index (χ0) is 17.1. The number of nitrogens with zero attached hydrogens (tertiary/aromatic N) is 3. The lowest BCUT2D eigenvalue weighted by Crippen LogP contribution is -2.58. The molecule has 5 heteroatoms. The van der Waals surface area contributed by atoms with Gasteiger partial charge in [0.05, 0.1) is 19.6 Å². The molecule has 132 valence electrons. The van der Waals surface area contributed by atoms with Gasteiger partial charge in [0.2, 0.25) is 5.91 Å². The van der Waals surface area contributed by atoms with E-state index in [0.29, 0.717) is 25.7 Å². The van der Waals surface area contributed by atoms with Crippen molar-refractivity contribution in [3.05, 3.63) is 29.8 Å². The quantitative estimate of drug-likeness (QED) is 0.791. The lowest BCUT2D eigenvalue weighted by atomic mass is 10.1. The molecule has 0 bridgehead atoms. The van der Waals surface area contributed by atoms with Crippen LogP contribution in [0.1, 0.15) is 18.9 Å². The van der Waals surface area contributed by atoms with Crippen molar-refractivity contribution in [1.29, 1.82) is 0 Å². The summed E-state index contributed by atoms with van der Waals surface area (Å²) in [7, 11) is 4.23. The highest BCUT2D eigenvalue weighted by Gasteiger charge is 2.34. The summed E-state index contributed by atoms with van der Waals surface area (Å²) in [4.78, 5) is 18.8. The molecule has 24 heavy (non-hydrogen) atoms. The van der Waals surface area contributed by atoms with Crippen LogP contribution in [0.5, 0.6) is 5.75 Å². The molecule has 1 amide bonds. The predicted molar refractivity (Wildman–Crippen MR) is 95.3 cm³/mol. The van der Waals surface area contributed by atoms with E-state index in [1.54, 1.807) is 0 Å². The van der Waals surface area contributed by atoms with Crippen LogP contribution in [0, 0.1) is 0 Å². The van der Waals surface area contributed by atoms with E-state index in [1.165, 1.54) is 5.56 Å². The molecule has 2 saturated heterocycles. The van der Waals surface area contributed by atoms with Crippen molar-refractivity contribution >= 4 is 5.91 Å². The first kappa shape index (κ1) is 17.2. The second-order valence-electron chi connectivity index (χ2n) is 7.14. The topological polar surface area (TPSA) is 36.0 Å². The van der Waals surface area contributed by atoms with Gasteiger partial charge in [-0.2, -0.15) is 0 Å². The summed E-state index contributed by atoms with van der Waals surface area (Å²) < 4.78 is 6.06. The molecule has 2 aliphatic heterocycles. The zero-order valence-electron chi connectivity index (χ0n) is 15.1. The molecule has 1 atom stereocenters. The van der Waals surface area contributed by atoms with Gasteiger partial charge in [0.1, 0.15) is 11.9 Å². The summed E-state index contributed by atoms with van der Waals surface area (Å²) in [6, 6.07) is 8.75. The third kappa shape index (κ3) is 3.90. The average molecular weight is 331 g/mol. The first-order valence-corrected chi connectivity index (χ1v) is 8.98. The van der Waals surface area contributed by atoms with Crippen LogP contribution in [-0.2, 0) is 11.2 Å². The largest absolute Gasteiger partial charge is 0.486 e. The number of likely N-dealkylation sites (tertiary alicyclic amines) is 2. The summed E-state index contributed by atoms with van der Waals surface area (Å²) in [5.74, 6) is 1.20. The maximum Gasteiger partial charge on any atom is 0.237 e. The Balaban J connectivity index is 1.42. The van der Waals surface area contributed by atoms with Crippen LogP contribution in [0.3, 0.4) is 0 Å². The van der Waals surface area contributed by atoms with Gasteiger partial charge in [-0.15, -0.1) is 0 Å². The molecular formula is C19H29N3O2. The van der Waals surface area contributed by atoms with E-state index in [2.05, 4.69) is 36.9 Å². The van der Waals surface area contributed by atoms with Gasteiger partial charge in [0.25, 0.3) is 0 Å². The molecule has 5 nitrogen and oxygen atoms in total. The Hall–Kier alpha value is -1.59. The fourth-order valence-electron chi connectivity index (χ4n) is 3.48. The van der Waals surface area contributed by atoms with Gasteiger partial charge in [0, 0.05) is 19.1 Å². The van der Waals surface area contributed by atoms with E-state index >= 15 is 0 Å². The third-order valence-corrected chi connectivity index (χ3v) is 5.18. The minimum atomic E-state index is 0.134. The van der Waals surface area contributed by atoms with Crippen molar-refractivity contribution in [3.63, 3.8) is 0 Å². The van der Waals surface area contributed by atoms with Crippen molar-refractivity contribution in [2.75, 3.05) is 46.8 Å². The van der Waals surface area contributed by atoms with Gasteiger partial charge in [-0.25, -0.2) is 0 Å². The number of likely N-dealkylation sites (N-methyl/N-ethyl adjacent to an activating group) is 1. The number of carbonyl (C=O) groups is 1. The predicted octanol–water partition coefficient (Wildman–Crippen LogP) is 1.47. The van der Waals surface area contributed by atoms with Crippen molar-refractivity contribution in [1.82, 2.24) is 14.7 Å². The highest BCUT2D eigenvalue weighted by atomic mass is 16.5. The molecule has 0 radical (unpaired) electrons. The fraction of sp³-hybridized carbons (Fsp3) is 0.632. The van der Waals surface area contributed by atoms with Gasteiger partial charge >= 0.3 is 0 Å². The molecule has 0 aliphatic carbocycles. The van der Waals surface area contributed by atoms with Crippen LogP contribution >= 0.6 is 0 Å². The number of aryl methyl sites for hydroxylation is 1. The number of hydrogen-bond donors (Lipinski definition) is 0. The molecular weight excluding hydrogens is 302 g/mol. The maximum atomic E-state index is 12.4. The Kier molecular flexibility index (Phi) is 5.41. The monoisotopic (exact) mass is 331 g/mol. The van der Waals surface area contributed by atoms with E-state index in [0.717, 1.165) is 31.7 Å². The summed E-state index contributed by atoms with van der Waals surface area (Å²) in [6.07, 6.45) is 2.25.